The van der Waals surface area contributed by atoms with Crippen molar-refractivity contribution in [2.24, 2.45) is 5.73 Å². The number of methoxy groups -OCH3 is 2. The van der Waals surface area contributed by atoms with Crippen molar-refractivity contribution in [2.45, 2.75) is 19.8 Å². The van der Waals surface area contributed by atoms with Gasteiger partial charge in [0.2, 0.25) is 0 Å². The second-order valence-electron chi connectivity index (χ2n) is 4.53. The van der Waals surface area contributed by atoms with Crippen LogP contribution in [0.3, 0.4) is 0 Å². The van der Waals surface area contributed by atoms with Crippen LogP contribution in [0.5, 0.6) is 11.5 Å². The number of rotatable bonds is 6. The van der Waals surface area contributed by atoms with E-state index >= 15 is 0 Å². The highest BCUT2D eigenvalue weighted by Gasteiger charge is 2.15. The highest BCUT2D eigenvalue weighted by Crippen LogP contribution is 2.35. The number of aryl methyl sites for hydroxylation is 1. The molecule has 1 aromatic heterocycles. The highest BCUT2D eigenvalue weighted by atomic mass is 32.1. The van der Waals surface area contributed by atoms with Gasteiger partial charge in [-0.15, -0.1) is 11.3 Å². The monoisotopic (exact) mass is 305 g/mol. The Morgan fingerprint density at radius 2 is 2.00 bits per heavy atom. The lowest BCUT2D eigenvalue weighted by Gasteiger charge is -2.08. The predicted molar refractivity (Wildman–Crippen MR) is 85.7 cm³/mol. The largest absolute Gasteiger partial charge is 0.493 e. The standard InChI is InChI=1S/C15H19N3O2S/c1-4-5-10-13(14(16)17)21-15(18-10)9-6-7-11(19-2)12(8-9)20-3/h6-8H,4-5H2,1-3H3,(H3,16,17). The molecule has 0 atom stereocenters. The minimum absolute atomic E-state index is 0.0719. The number of hydrogen-bond acceptors (Lipinski definition) is 5. The van der Waals surface area contributed by atoms with E-state index in [0.717, 1.165) is 34.0 Å². The Balaban J connectivity index is 2.46. The first-order chi connectivity index (χ1) is 10.1. The van der Waals surface area contributed by atoms with Gasteiger partial charge in [-0.3, -0.25) is 5.41 Å². The first-order valence-electron chi connectivity index (χ1n) is 6.67. The topological polar surface area (TPSA) is 81.2 Å². The molecule has 0 unspecified atom stereocenters. The maximum atomic E-state index is 7.68. The maximum Gasteiger partial charge on any atom is 0.161 e. The number of hydrogen-bond donors (Lipinski definition) is 2. The molecule has 2 rings (SSSR count). The third-order valence-electron chi connectivity index (χ3n) is 3.06. The summed E-state index contributed by atoms with van der Waals surface area (Å²) < 4.78 is 10.6. The van der Waals surface area contributed by atoms with Crippen LogP contribution < -0.4 is 15.2 Å². The van der Waals surface area contributed by atoms with Gasteiger partial charge in [-0.25, -0.2) is 4.98 Å². The molecule has 21 heavy (non-hydrogen) atoms. The summed E-state index contributed by atoms with van der Waals surface area (Å²) in [5, 5.41) is 8.51. The van der Waals surface area contributed by atoms with Crippen LogP contribution in [-0.4, -0.2) is 25.0 Å². The summed E-state index contributed by atoms with van der Waals surface area (Å²) in [6, 6.07) is 5.67. The van der Waals surface area contributed by atoms with Crippen molar-refractivity contribution in [3.8, 4) is 22.1 Å². The molecule has 0 radical (unpaired) electrons. The number of ether oxygens (including phenoxy) is 2. The molecule has 112 valence electrons. The van der Waals surface area contributed by atoms with Crippen molar-refractivity contribution >= 4 is 17.2 Å². The van der Waals surface area contributed by atoms with Gasteiger partial charge in [-0.1, -0.05) is 13.3 Å². The van der Waals surface area contributed by atoms with Crippen LogP contribution in [0.15, 0.2) is 18.2 Å². The molecule has 0 spiro atoms. The summed E-state index contributed by atoms with van der Waals surface area (Å²) in [5.41, 5.74) is 7.47. The first kappa shape index (κ1) is 15.3. The molecule has 0 aliphatic carbocycles. The minimum Gasteiger partial charge on any atom is -0.493 e. The van der Waals surface area contributed by atoms with Gasteiger partial charge in [0, 0.05) is 5.56 Å². The lowest BCUT2D eigenvalue weighted by atomic mass is 10.2. The van der Waals surface area contributed by atoms with Gasteiger partial charge in [0.05, 0.1) is 24.8 Å². The highest BCUT2D eigenvalue weighted by molar-refractivity contribution is 7.17. The second-order valence-corrected chi connectivity index (χ2v) is 5.53. The van der Waals surface area contributed by atoms with E-state index in [1.165, 1.54) is 11.3 Å². The van der Waals surface area contributed by atoms with Crippen LogP contribution in [0.1, 0.15) is 23.9 Å². The van der Waals surface area contributed by atoms with Crippen LogP contribution in [0.25, 0.3) is 10.6 Å². The molecule has 2 aromatic rings. The van der Waals surface area contributed by atoms with Crippen molar-refractivity contribution in [2.75, 3.05) is 14.2 Å². The fourth-order valence-corrected chi connectivity index (χ4v) is 3.03. The fourth-order valence-electron chi connectivity index (χ4n) is 2.06. The summed E-state index contributed by atoms with van der Waals surface area (Å²) in [6.45, 7) is 2.08. The van der Waals surface area contributed by atoms with Crippen LogP contribution >= 0.6 is 11.3 Å². The average molecular weight is 305 g/mol. The van der Waals surface area contributed by atoms with E-state index in [1.54, 1.807) is 14.2 Å². The van der Waals surface area contributed by atoms with E-state index in [2.05, 4.69) is 11.9 Å². The van der Waals surface area contributed by atoms with E-state index in [4.69, 9.17) is 20.6 Å². The van der Waals surface area contributed by atoms with Gasteiger partial charge >= 0.3 is 0 Å². The van der Waals surface area contributed by atoms with Gasteiger partial charge in [0.25, 0.3) is 0 Å². The van der Waals surface area contributed by atoms with E-state index in [-0.39, 0.29) is 5.84 Å². The zero-order valence-corrected chi connectivity index (χ0v) is 13.2. The summed E-state index contributed by atoms with van der Waals surface area (Å²) in [7, 11) is 3.21. The molecule has 3 N–H and O–H groups in total. The molecule has 5 nitrogen and oxygen atoms in total. The zero-order valence-electron chi connectivity index (χ0n) is 12.4. The lowest BCUT2D eigenvalue weighted by Crippen LogP contribution is -2.11. The van der Waals surface area contributed by atoms with E-state index in [1.807, 2.05) is 18.2 Å². The van der Waals surface area contributed by atoms with Crippen LogP contribution in [0.4, 0.5) is 0 Å². The number of nitrogens with one attached hydrogen (secondary N) is 1. The number of benzene rings is 1. The van der Waals surface area contributed by atoms with Gasteiger partial charge in [-0.05, 0) is 24.6 Å². The average Bonchev–Trinajstić information content (AvgIpc) is 2.91. The van der Waals surface area contributed by atoms with E-state index < -0.39 is 0 Å². The zero-order chi connectivity index (χ0) is 15.4. The number of nitrogen functional groups attached to an aromatic ring is 1. The number of nitrogens with two attached hydrogens (primary N) is 1. The third-order valence-corrected chi connectivity index (χ3v) is 4.24. The fraction of sp³-hybridized carbons (Fsp3) is 0.333. The molecule has 0 aliphatic rings. The Bertz CT molecular complexity index is 652. The molecular weight excluding hydrogens is 286 g/mol. The predicted octanol–water partition coefficient (Wildman–Crippen LogP) is 3.06. The Morgan fingerprint density at radius 1 is 1.29 bits per heavy atom. The third kappa shape index (κ3) is 3.16. The van der Waals surface area contributed by atoms with Crippen molar-refractivity contribution in [1.82, 2.24) is 4.98 Å². The summed E-state index contributed by atoms with van der Waals surface area (Å²) in [5.74, 6) is 1.41. The molecular formula is C15H19N3O2S. The van der Waals surface area contributed by atoms with Crippen LogP contribution in [0.2, 0.25) is 0 Å². The normalized spacial score (nSPS) is 10.4. The molecule has 0 saturated carbocycles. The molecule has 0 aliphatic heterocycles. The number of thiazole rings is 1. The van der Waals surface area contributed by atoms with Gasteiger partial charge in [0.1, 0.15) is 10.8 Å². The van der Waals surface area contributed by atoms with Crippen molar-refractivity contribution in [1.29, 1.82) is 5.41 Å². The Kier molecular flexibility index (Phi) is 4.80. The quantitative estimate of drug-likeness (QED) is 0.635. The smallest absolute Gasteiger partial charge is 0.161 e. The van der Waals surface area contributed by atoms with E-state index in [0.29, 0.717) is 11.5 Å². The molecule has 6 heteroatoms. The number of aromatic nitrogens is 1. The van der Waals surface area contributed by atoms with Gasteiger partial charge < -0.3 is 15.2 Å². The van der Waals surface area contributed by atoms with Crippen molar-refractivity contribution in [3.05, 3.63) is 28.8 Å². The Labute approximate surface area is 128 Å². The van der Waals surface area contributed by atoms with Crippen LogP contribution in [-0.2, 0) is 6.42 Å². The minimum atomic E-state index is 0.0719. The van der Waals surface area contributed by atoms with Crippen LogP contribution in [0, 0.1) is 5.41 Å². The lowest BCUT2D eigenvalue weighted by molar-refractivity contribution is 0.355. The molecule has 1 aromatic carbocycles. The van der Waals surface area contributed by atoms with Gasteiger partial charge in [0.15, 0.2) is 11.5 Å². The SMILES string of the molecule is CCCc1nc(-c2ccc(OC)c(OC)c2)sc1C(=N)N. The molecule has 0 bridgehead atoms. The first-order valence-corrected chi connectivity index (χ1v) is 7.48. The molecule has 1 heterocycles. The molecule has 0 amide bonds. The Morgan fingerprint density at radius 3 is 2.57 bits per heavy atom. The summed E-state index contributed by atoms with van der Waals surface area (Å²) in [6.07, 6.45) is 1.79. The summed E-state index contributed by atoms with van der Waals surface area (Å²) in [4.78, 5) is 5.38. The molecule has 0 saturated heterocycles. The number of amidine groups is 1. The van der Waals surface area contributed by atoms with E-state index in [9.17, 15) is 0 Å². The van der Waals surface area contributed by atoms with Gasteiger partial charge in [-0.2, -0.15) is 0 Å². The van der Waals surface area contributed by atoms with Crippen molar-refractivity contribution in [3.63, 3.8) is 0 Å². The van der Waals surface area contributed by atoms with Crippen molar-refractivity contribution < 1.29 is 9.47 Å². The number of nitrogens with zero attached hydrogens (tertiary/aromatic N) is 1. The maximum absolute atomic E-state index is 7.68. The summed E-state index contributed by atoms with van der Waals surface area (Å²) >= 11 is 1.44. The Hall–Kier alpha value is -2.08. The molecule has 0 fully saturated rings. The second kappa shape index (κ2) is 6.58.